The monoisotopic (exact) mass is 192 g/mol. The molecule has 0 bridgehead atoms. The van der Waals surface area contributed by atoms with Gasteiger partial charge in [-0.15, -0.1) is 0 Å². The molecular weight excluding hydrogens is 176 g/mol. The van der Waals surface area contributed by atoms with Gasteiger partial charge < -0.3 is 4.74 Å². The maximum atomic E-state index is 9.13. The molecule has 2 aliphatic heterocycles. The summed E-state index contributed by atoms with van der Waals surface area (Å²) in [7, 11) is 1.71. The number of nitrogens with zero attached hydrogens (tertiary/aromatic N) is 2. The van der Waals surface area contributed by atoms with Gasteiger partial charge in [-0.25, -0.2) is 0 Å². The van der Waals surface area contributed by atoms with Crippen LogP contribution in [0.25, 0.3) is 0 Å². The number of hydrogen-bond acceptors (Lipinski definition) is 3. The summed E-state index contributed by atoms with van der Waals surface area (Å²) in [5.41, 5.74) is 1.18. The zero-order valence-electron chi connectivity index (χ0n) is 8.62. The third-order valence-corrected chi connectivity index (χ3v) is 3.49. The largest absolute Gasteiger partial charge is 0.383 e. The van der Waals surface area contributed by atoms with Crippen molar-refractivity contribution in [2.24, 2.45) is 5.92 Å². The van der Waals surface area contributed by atoms with Gasteiger partial charge in [0.15, 0.2) is 0 Å². The maximum absolute atomic E-state index is 9.13. The summed E-state index contributed by atoms with van der Waals surface area (Å²) in [5.74, 6) is 0.113. The molecule has 0 aromatic heterocycles. The molecule has 2 saturated heterocycles. The summed E-state index contributed by atoms with van der Waals surface area (Å²) in [6, 6.07) is 2.42. The first-order chi connectivity index (χ1) is 6.73. The van der Waals surface area contributed by atoms with Crippen LogP contribution < -0.4 is 0 Å². The highest BCUT2D eigenvalue weighted by Crippen LogP contribution is 2.44. The molecule has 0 N–H and O–H groups in total. The fourth-order valence-corrected chi connectivity index (χ4v) is 2.90. The molecule has 0 aromatic carbocycles. The van der Waals surface area contributed by atoms with E-state index in [2.05, 4.69) is 17.5 Å². The molecule has 2 aliphatic rings. The number of nitriles is 1. The molecule has 0 unspecified atom stereocenters. The Kier molecular flexibility index (Phi) is 2.34. The van der Waals surface area contributed by atoms with E-state index in [4.69, 9.17) is 10.00 Å². The first-order valence-electron chi connectivity index (χ1n) is 5.03. The Morgan fingerprint density at radius 1 is 1.79 bits per heavy atom. The van der Waals surface area contributed by atoms with Gasteiger partial charge in [-0.3, -0.25) is 4.90 Å². The predicted octanol–water partition coefficient (Wildman–Crippen LogP) is 1.18. The average Bonchev–Trinajstić information content (AvgIpc) is 2.59. The Morgan fingerprint density at radius 3 is 3.21 bits per heavy atom. The van der Waals surface area contributed by atoms with Crippen LogP contribution in [0.1, 0.15) is 12.8 Å². The second-order valence-electron chi connectivity index (χ2n) is 4.36. The molecule has 2 heterocycles. The number of fused-ring (bicyclic) bond motifs is 1. The average molecular weight is 192 g/mol. The molecule has 3 heteroatoms. The maximum Gasteiger partial charge on any atom is 0.0685 e. The zero-order chi connectivity index (χ0) is 10.2. The lowest BCUT2D eigenvalue weighted by molar-refractivity contribution is 0.0510. The van der Waals surface area contributed by atoms with Gasteiger partial charge in [-0.05, 0) is 12.8 Å². The normalized spacial score (nSPS) is 37.1. The van der Waals surface area contributed by atoms with E-state index in [-0.39, 0.29) is 11.5 Å². The molecular formula is C11H16N2O. The molecule has 0 radical (unpaired) electrons. The molecule has 2 fully saturated rings. The summed E-state index contributed by atoms with van der Waals surface area (Å²) >= 11 is 0. The molecule has 14 heavy (non-hydrogen) atoms. The minimum Gasteiger partial charge on any atom is -0.383 e. The van der Waals surface area contributed by atoms with E-state index in [0.717, 1.165) is 25.9 Å². The van der Waals surface area contributed by atoms with Crippen LogP contribution in [0.4, 0.5) is 0 Å². The van der Waals surface area contributed by atoms with Crippen LogP contribution in [0, 0.1) is 17.2 Å². The van der Waals surface area contributed by atoms with Crippen LogP contribution in [-0.4, -0.2) is 37.2 Å². The lowest BCUT2D eigenvalue weighted by Gasteiger charge is -2.33. The van der Waals surface area contributed by atoms with Gasteiger partial charge in [-0.2, -0.15) is 5.26 Å². The Hall–Kier alpha value is -0.850. The first kappa shape index (κ1) is 9.70. The molecule has 2 atom stereocenters. The first-order valence-corrected chi connectivity index (χ1v) is 5.03. The molecule has 0 aliphatic carbocycles. The highest BCUT2D eigenvalue weighted by atomic mass is 16.5. The molecule has 3 nitrogen and oxygen atoms in total. The quantitative estimate of drug-likeness (QED) is 0.616. The van der Waals surface area contributed by atoms with Crippen molar-refractivity contribution in [3.8, 4) is 6.07 Å². The van der Waals surface area contributed by atoms with Gasteiger partial charge in [0.2, 0.25) is 0 Å². The third-order valence-electron chi connectivity index (χ3n) is 3.49. The Balaban J connectivity index is 2.28. The van der Waals surface area contributed by atoms with Gasteiger partial charge in [-0.1, -0.05) is 12.2 Å². The van der Waals surface area contributed by atoms with Crippen molar-refractivity contribution in [2.45, 2.75) is 18.4 Å². The molecule has 0 spiro atoms. The Bertz CT molecular complexity index is 294. The van der Waals surface area contributed by atoms with E-state index < -0.39 is 0 Å². The van der Waals surface area contributed by atoms with Gasteiger partial charge >= 0.3 is 0 Å². The zero-order valence-corrected chi connectivity index (χ0v) is 8.62. The highest BCUT2D eigenvalue weighted by Gasteiger charge is 2.52. The SMILES string of the molecule is C=C1CN2CC[C@@H](C#N)[C@@]2(COC)C1. The fraction of sp³-hybridized carbons (Fsp3) is 0.727. The summed E-state index contributed by atoms with van der Waals surface area (Å²) in [6.07, 6.45) is 1.91. The minimum absolute atomic E-state index is 0.0550. The van der Waals surface area contributed by atoms with Crippen molar-refractivity contribution in [2.75, 3.05) is 26.8 Å². The van der Waals surface area contributed by atoms with Gasteiger partial charge in [0.25, 0.3) is 0 Å². The van der Waals surface area contributed by atoms with Crippen molar-refractivity contribution in [3.63, 3.8) is 0 Å². The van der Waals surface area contributed by atoms with Crippen molar-refractivity contribution < 1.29 is 4.74 Å². The molecule has 0 amide bonds. The fourth-order valence-electron chi connectivity index (χ4n) is 2.90. The van der Waals surface area contributed by atoms with E-state index in [9.17, 15) is 0 Å². The molecule has 2 rings (SSSR count). The summed E-state index contributed by atoms with van der Waals surface area (Å²) in [6.45, 7) is 6.64. The smallest absolute Gasteiger partial charge is 0.0685 e. The van der Waals surface area contributed by atoms with E-state index in [1.165, 1.54) is 5.57 Å². The standard InChI is InChI=1S/C11H16N2O/c1-9-5-11(8-14-2)10(6-12)3-4-13(11)7-9/h10H,1,3-5,7-8H2,2H3/t10-,11-/m0/s1. The Labute approximate surface area is 85.0 Å². The lowest BCUT2D eigenvalue weighted by Crippen LogP contribution is -2.46. The molecule has 0 saturated carbocycles. The second kappa shape index (κ2) is 3.38. The topological polar surface area (TPSA) is 36.3 Å². The van der Waals surface area contributed by atoms with E-state index in [0.29, 0.717) is 6.61 Å². The van der Waals surface area contributed by atoms with E-state index in [1.54, 1.807) is 7.11 Å². The van der Waals surface area contributed by atoms with Gasteiger partial charge in [0.1, 0.15) is 0 Å². The summed E-state index contributed by atoms with van der Waals surface area (Å²) in [5, 5.41) is 9.13. The van der Waals surface area contributed by atoms with E-state index >= 15 is 0 Å². The van der Waals surface area contributed by atoms with Crippen LogP contribution in [0.5, 0.6) is 0 Å². The van der Waals surface area contributed by atoms with Crippen LogP contribution in [0.2, 0.25) is 0 Å². The van der Waals surface area contributed by atoms with E-state index in [1.807, 2.05) is 0 Å². The molecule has 76 valence electrons. The van der Waals surface area contributed by atoms with Crippen molar-refractivity contribution >= 4 is 0 Å². The number of rotatable bonds is 2. The predicted molar refractivity (Wildman–Crippen MR) is 53.7 cm³/mol. The van der Waals surface area contributed by atoms with Crippen LogP contribution in [0.3, 0.4) is 0 Å². The van der Waals surface area contributed by atoms with Gasteiger partial charge in [0, 0.05) is 20.2 Å². The van der Waals surface area contributed by atoms with Crippen LogP contribution in [0.15, 0.2) is 12.2 Å². The van der Waals surface area contributed by atoms with Crippen molar-refractivity contribution in [3.05, 3.63) is 12.2 Å². The summed E-state index contributed by atoms with van der Waals surface area (Å²) in [4.78, 5) is 2.37. The van der Waals surface area contributed by atoms with Gasteiger partial charge in [0.05, 0.1) is 24.1 Å². The number of hydrogen-bond donors (Lipinski definition) is 0. The second-order valence-corrected chi connectivity index (χ2v) is 4.36. The third kappa shape index (κ3) is 1.18. The number of methoxy groups -OCH3 is 1. The number of ether oxygens (including phenoxy) is 1. The van der Waals surface area contributed by atoms with Crippen molar-refractivity contribution in [1.29, 1.82) is 5.26 Å². The Morgan fingerprint density at radius 2 is 2.57 bits per heavy atom. The summed E-state index contributed by atoms with van der Waals surface area (Å²) < 4.78 is 5.28. The van der Waals surface area contributed by atoms with Crippen LogP contribution >= 0.6 is 0 Å². The molecule has 0 aromatic rings. The van der Waals surface area contributed by atoms with Crippen molar-refractivity contribution in [1.82, 2.24) is 4.90 Å². The lowest BCUT2D eigenvalue weighted by atomic mass is 9.84. The van der Waals surface area contributed by atoms with Crippen LogP contribution in [-0.2, 0) is 4.74 Å². The minimum atomic E-state index is -0.0550. The highest BCUT2D eigenvalue weighted by molar-refractivity contribution is 5.23.